The van der Waals surface area contributed by atoms with Crippen molar-refractivity contribution in [2.24, 2.45) is 0 Å². The van der Waals surface area contributed by atoms with Gasteiger partial charge in [0.2, 0.25) is 0 Å². The summed E-state index contributed by atoms with van der Waals surface area (Å²) in [7, 11) is 0. The van der Waals surface area contributed by atoms with Crippen molar-refractivity contribution in [3.8, 4) is 5.69 Å². The number of aromatic nitrogens is 2. The molecule has 28 heavy (non-hydrogen) atoms. The van der Waals surface area contributed by atoms with Gasteiger partial charge in [0.1, 0.15) is 11.1 Å². The number of ether oxygens (including phenoxy) is 1. The quantitative estimate of drug-likeness (QED) is 0.476. The molecular formula is C18H15ClN4O4S. The molecule has 1 atom stereocenters. The van der Waals surface area contributed by atoms with Crippen molar-refractivity contribution in [1.82, 2.24) is 9.78 Å². The van der Waals surface area contributed by atoms with Crippen LogP contribution in [0.2, 0.25) is 5.02 Å². The molecule has 1 aliphatic rings. The van der Waals surface area contributed by atoms with E-state index in [9.17, 15) is 14.9 Å². The Labute approximate surface area is 168 Å². The Morgan fingerprint density at radius 3 is 2.75 bits per heavy atom. The third-order valence-electron chi connectivity index (χ3n) is 4.47. The predicted octanol–water partition coefficient (Wildman–Crippen LogP) is 3.43. The molecule has 0 bridgehead atoms. The number of hydrogen-bond acceptors (Lipinski definition) is 7. The van der Waals surface area contributed by atoms with Crippen LogP contribution in [-0.2, 0) is 4.74 Å². The minimum atomic E-state index is -0.501. The molecule has 0 spiro atoms. The summed E-state index contributed by atoms with van der Waals surface area (Å²) in [6.07, 6.45) is 1.46. The first-order chi connectivity index (χ1) is 13.5. The van der Waals surface area contributed by atoms with E-state index in [2.05, 4.69) is 5.10 Å². The molecule has 1 aliphatic heterocycles. The predicted molar refractivity (Wildman–Crippen MR) is 107 cm³/mol. The molecule has 1 aromatic carbocycles. The van der Waals surface area contributed by atoms with Gasteiger partial charge in [-0.15, -0.1) is 11.3 Å². The largest absolute Gasteiger partial charge is 0.369 e. The number of morpholine rings is 1. The SMILES string of the molecule is O=c1c(Cl)c(N2CCOC(c3cccs3)C2)cnn1-c1ccc([N+](=O)[O-])cc1. The lowest BCUT2D eigenvalue weighted by Gasteiger charge is -2.34. The summed E-state index contributed by atoms with van der Waals surface area (Å²) < 4.78 is 6.97. The molecule has 1 unspecified atom stereocenters. The van der Waals surface area contributed by atoms with E-state index in [1.807, 2.05) is 22.4 Å². The van der Waals surface area contributed by atoms with Gasteiger partial charge in [-0.05, 0) is 23.6 Å². The molecule has 4 rings (SSSR count). The number of halogens is 1. The highest BCUT2D eigenvalue weighted by Gasteiger charge is 2.25. The van der Waals surface area contributed by atoms with Crippen molar-refractivity contribution in [2.75, 3.05) is 24.6 Å². The van der Waals surface area contributed by atoms with E-state index in [-0.39, 0.29) is 16.8 Å². The fourth-order valence-corrected chi connectivity index (χ4v) is 4.07. The highest BCUT2D eigenvalue weighted by atomic mass is 35.5. The third kappa shape index (κ3) is 3.51. The van der Waals surface area contributed by atoms with Gasteiger partial charge in [-0.1, -0.05) is 17.7 Å². The highest BCUT2D eigenvalue weighted by Crippen LogP contribution is 2.30. The van der Waals surface area contributed by atoms with E-state index in [1.54, 1.807) is 17.5 Å². The molecule has 144 valence electrons. The fourth-order valence-electron chi connectivity index (χ4n) is 3.06. The minimum absolute atomic E-state index is 0.0557. The van der Waals surface area contributed by atoms with Crippen molar-refractivity contribution in [3.63, 3.8) is 0 Å². The number of rotatable bonds is 4. The summed E-state index contributed by atoms with van der Waals surface area (Å²) in [5.41, 5.74) is 0.414. The Morgan fingerprint density at radius 1 is 1.29 bits per heavy atom. The molecule has 0 N–H and O–H groups in total. The molecule has 0 radical (unpaired) electrons. The number of nitro groups is 1. The maximum absolute atomic E-state index is 12.7. The van der Waals surface area contributed by atoms with Crippen LogP contribution in [0.25, 0.3) is 5.69 Å². The normalized spacial score (nSPS) is 16.9. The smallest absolute Gasteiger partial charge is 0.292 e. The van der Waals surface area contributed by atoms with Crippen LogP contribution in [0.5, 0.6) is 0 Å². The Bertz CT molecular complexity index is 1050. The maximum atomic E-state index is 12.7. The van der Waals surface area contributed by atoms with Crippen molar-refractivity contribution in [3.05, 3.63) is 78.3 Å². The first-order valence-electron chi connectivity index (χ1n) is 8.47. The van der Waals surface area contributed by atoms with E-state index < -0.39 is 10.5 Å². The zero-order chi connectivity index (χ0) is 19.7. The molecular weight excluding hydrogens is 404 g/mol. The molecule has 3 heterocycles. The second kappa shape index (κ2) is 7.70. The summed E-state index contributed by atoms with van der Waals surface area (Å²) in [5.74, 6) is 0. The first kappa shape index (κ1) is 18.6. The average Bonchev–Trinajstić information content (AvgIpc) is 3.25. The van der Waals surface area contributed by atoms with Gasteiger partial charge in [-0.3, -0.25) is 14.9 Å². The van der Waals surface area contributed by atoms with Crippen LogP contribution in [-0.4, -0.2) is 34.4 Å². The number of thiophene rings is 1. The Balaban J connectivity index is 1.62. The Morgan fingerprint density at radius 2 is 2.07 bits per heavy atom. The maximum Gasteiger partial charge on any atom is 0.292 e. The van der Waals surface area contributed by atoms with Crippen LogP contribution in [0.15, 0.2) is 52.8 Å². The van der Waals surface area contributed by atoms with E-state index in [0.29, 0.717) is 31.1 Å². The summed E-state index contributed by atoms with van der Waals surface area (Å²) in [6.45, 7) is 1.69. The van der Waals surface area contributed by atoms with E-state index >= 15 is 0 Å². The van der Waals surface area contributed by atoms with Crippen LogP contribution in [0.1, 0.15) is 11.0 Å². The van der Waals surface area contributed by atoms with Crippen LogP contribution < -0.4 is 10.5 Å². The van der Waals surface area contributed by atoms with Gasteiger partial charge in [0.05, 0.1) is 29.1 Å². The summed E-state index contributed by atoms with van der Waals surface area (Å²) in [5, 5.41) is 17.1. The Kier molecular flexibility index (Phi) is 5.12. The summed E-state index contributed by atoms with van der Waals surface area (Å²) in [4.78, 5) is 26.1. The molecule has 0 saturated carbocycles. The molecule has 3 aromatic rings. The second-order valence-electron chi connectivity index (χ2n) is 6.16. The lowest BCUT2D eigenvalue weighted by molar-refractivity contribution is -0.384. The van der Waals surface area contributed by atoms with Gasteiger partial charge in [0, 0.05) is 30.1 Å². The number of nitrogens with zero attached hydrogens (tertiary/aromatic N) is 4. The standard InChI is InChI=1S/C18H15ClN4O4S/c19-17-14(21-7-8-27-15(11-21)16-2-1-9-28-16)10-20-22(18(17)24)12-3-5-13(6-4-12)23(25)26/h1-6,9-10,15H,7-8,11H2. The number of hydrogen-bond donors (Lipinski definition) is 0. The molecule has 1 fully saturated rings. The lowest BCUT2D eigenvalue weighted by Crippen LogP contribution is -2.39. The van der Waals surface area contributed by atoms with Gasteiger partial charge < -0.3 is 9.64 Å². The second-order valence-corrected chi connectivity index (χ2v) is 7.51. The zero-order valence-electron chi connectivity index (χ0n) is 14.5. The highest BCUT2D eigenvalue weighted by molar-refractivity contribution is 7.10. The first-order valence-corrected chi connectivity index (χ1v) is 9.73. The van der Waals surface area contributed by atoms with Crippen molar-refractivity contribution in [2.45, 2.75) is 6.10 Å². The van der Waals surface area contributed by atoms with Crippen molar-refractivity contribution < 1.29 is 9.66 Å². The van der Waals surface area contributed by atoms with Crippen LogP contribution in [0.4, 0.5) is 11.4 Å². The van der Waals surface area contributed by atoms with Gasteiger partial charge in [0.15, 0.2) is 0 Å². The van der Waals surface area contributed by atoms with E-state index in [4.69, 9.17) is 16.3 Å². The van der Waals surface area contributed by atoms with E-state index in [0.717, 1.165) is 9.56 Å². The van der Waals surface area contributed by atoms with Crippen molar-refractivity contribution in [1.29, 1.82) is 0 Å². The van der Waals surface area contributed by atoms with Crippen LogP contribution >= 0.6 is 22.9 Å². The summed E-state index contributed by atoms with van der Waals surface area (Å²) in [6, 6.07) is 9.55. The van der Waals surface area contributed by atoms with Crippen LogP contribution in [0, 0.1) is 10.1 Å². The fraction of sp³-hybridized carbons (Fsp3) is 0.222. The monoisotopic (exact) mass is 418 g/mol. The molecule has 0 aliphatic carbocycles. The topological polar surface area (TPSA) is 90.5 Å². The van der Waals surface area contributed by atoms with E-state index in [1.165, 1.54) is 24.3 Å². The molecule has 2 aromatic heterocycles. The molecule has 8 nitrogen and oxygen atoms in total. The van der Waals surface area contributed by atoms with Gasteiger partial charge >= 0.3 is 0 Å². The molecule has 1 saturated heterocycles. The van der Waals surface area contributed by atoms with Crippen molar-refractivity contribution >= 4 is 34.3 Å². The minimum Gasteiger partial charge on any atom is -0.369 e. The third-order valence-corrected chi connectivity index (χ3v) is 5.79. The number of non-ortho nitro benzene ring substituents is 1. The van der Waals surface area contributed by atoms with Gasteiger partial charge in [0.25, 0.3) is 11.2 Å². The van der Waals surface area contributed by atoms with Gasteiger partial charge in [-0.25, -0.2) is 0 Å². The zero-order valence-corrected chi connectivity index (χ0v) is 16.1. The average molecular weight is 419 g/mol. The number of nitro benzene ring substituents is 1. The van der Waals surface area contributed by atoms with Crippen LogP contribution in [0.3, 0.4) is 0 Å². The summed E-state index contributed by atoms with van der Waals surface area (Å²) >= 11 is 8.00. The molecule has 0 amide bonds. The number of anilines is 1. The lowest BCUT2D eigenvalue weighted by atomic mass is 10.2. The Hall–Kier alpha value is -2.75. The molecule has 10 heteroatoms. The van der Waals surface area contributed by atoms with Gasteiger partial charge in [-0.2, -0.15) is 9.78 Å². The number of benzene rings is 1.